The lowest BCUT2D eigenvalue weighted by atomic mass is 9.82. The number of hydrogen-bond donors (Lipinski definition) is 1. The molecule has 0 saturated carbocycles. The molecule has 1 rings (SSSR count). The second kappa shape index (κ2) is 5.90. The minimum Gasteiger partial charge on any atom is -0.385 e. The average molecular weight is 270 g/mol. The van der Waals surface area contributed by atoms with E-state index in [0.29, 0.717) is 26.0 Å². The summed E-state index contributed by atoms with van der Waals surface area (Å²) in [6, 6.07) is 0. The number of amides is 2. The zero-order chi connectivity index (χ0) is 14.7. The number of carbonyl (C=O) groups excluding carboxylic acids is 2. The van der Waals surface area contributed by atoms with Crippen LogP contribution in [0.3, 0.4) is 0 Å². The Morgan fingerprint density at radius 3 is 2.26 bits per heavy atom. The van der Waals surface area contributed by atoms with Gasteiger partial charge in [0.05, 0.1) is 0 Å². The number of carbonyl (C=O) groups is 2. The number of methoxy groups -OCH3 is 1. The Hall–Kier alpha value is -1.10. The summed E-state index contributed by atoms with van der Waals surface area (Å²) in [5.74, 6) is -0.0496. The van der Waals surface area contributed by atoms with E-state index in [2.05, 4.69) is 5.32 Å². The molecule has 0 radical (unpaired) electrons. The van der Waals surface area contributed by atoms with Gasteiger partial charge in [0.15, 0.2) is 0 Å². The van der Waals surface area contributed by atoms with Crippen LogP contribution in [-0.4, -0.2) is 48.1 Å². The summed E-state index contributed by atoms with van der Waals surface area (Å²) in [5.41, 5.74) is -1.53. The summed E-state index contributed by atoms with van der Waals surface area (Å²) in [6.45, 7) is 8.58. The lowest BCUT2D eigenvalue weighted by molar-refractivity contribution is -0.162. The lowest BCUT2D eigenvalue weighted by Crippen LogP contribution is -2.74. The van der Waals surface area contributed by atoms with Crippen molar-refractivity contribution in [3.63, 3.8) is 0 Å². The van der Waals surface area contributed by atoms with Crippen LogP contribution >= 0.6 is 0 Å². The van der Waals surface area contributed by atoms with Gasteiger partial charge < -0.3 is 15.0 Å². The van der Waals surface area contributed by atoms with Gasteiger partial charge in [0.1, 0.15) is 11.1 Å². The van der Waals surface area contributed by atoms with Crippen LogP contribution in [0.2, 0.25) is 0 Å². The molecule has 110 valence electrons. The quantitative estimate of drug-likeness (QED) is 0.741. The lowest BCUT2D eigenvalue weighted by Gasteiger charge is -2.50. The first kappa shape index (κ1) is 16.0. The van der Waals surface area contributed by atoms with Gasteiger partial charge in [-0.05, 0) is 33.1 Å². The molecule has 0 atom stereocenters. The van der Waals surface area contributed by atoms with Crippen molar-refractivity contribution < 1.29 is 14.3 Å². The highest BCUT2D eigenvalue weighted by atomic mass is 16.5. The average Bonchev–Trinajstić information content (AvgIpc) is 2.36. The molecule has 5 heteroatoms. The van der Waals surface area contributed by atoms with E-state index in [1.165, 1.54) is 0 Å². The van der Waals surface area contributed by atoms with Gasteiger partial charge in [-0.3, -0.25) is 9.59 Å². The van der Waals surface area contributed by atoms with Crippen LogP contribution in [0, 0.1) is 0 Å². The van der Waals surface area contributed by atoms with Crippen molar-refractivity contribution in [3.05, 3.63) is 0 Å². The molecular formula is C14H26N2O3. The fourth-order valence-corrected chi connectivity index (χ4v) is 2.74. The highest BCUT2D eigenvalue weighted by molar-refractivity contribution is 6.01. The van der Waals surface area contributed by atoms with Crippen molar-refractivity contribution in [3.8, 4) is 0 Å². The van der Waals surface area contributed by atoms with E-state index in [0.717, 1.165) is 6.42 Å². The first-order valence-electron chi connectivity index (χ1n) is 6.99. The van der Waals surface area contributed by atoms with E-state index in [-0.39, 0.29) is 11.8 Å². The van der Waals surface area contributed by atoms with E-state index in [4.69, 9.17) is 4.74 Å². The van der Waals surface area contributed by atoms with Gasteiger partial charge in [0.2, 0.25) is 11.8 Å². The summed E-state index contributed by atoms with van der Waals surface area (Å²) in [6.07, 6.45) is 2.00. The fourth-order valence-electron chi connectivity index (χ4n) is 2.74. The van der Waals surface area contributed by atoms with Crippen molar-refractivity contribution in [1.29, 1.82) is 0 Å². The second-order valence-corrected chi connectivity index (χ2v) is 5.62. The Labute approximate surface area is 115 Å². The maximum atomic E-state index is 12.6. The first-order chi connectivity index (χ1) is 8.85. The molecule has 0 aromatic rings. The molecule has 19 heavy (non-hydrogen) atoms. The topological polar surface area (TPSA) is 58.6 Å². The van der Waals surface area contributed by atoms with Crippen molar-refractivity contribution in [2.75, 3.05) is 20.3 Å². The van der Waals surface area contributed by atoms with Crippen LogP contribution in [-0.2, 0) is 14.3 Å². The number of nitrogens with zero attached hydrogens (tertiary/aromatic N) is 1. The molecule has 0 unspecified atom stereocenters. The molecule has 1 aliphatic heterocycles. The third-order valence-corrected chi connectivity index (χ3v) is 4.05. The summed E-state index contributed by atoms with van der Waals surface area (Å²) in [7, 11) is 1.64. The van der Waals surface area contributed by atoms with Gasteiger partial charge >= 0.3 is 0 Å². The minimum absolute atomic E-state index is 0.00750. The Kier molecular flexibility index (Phi) is 4.96. The third kappa shape index (κ3) is 2.76. The molecule has 0 aromatic carbocycles. The zero-order valence-electron chi connectivity index (χ0n) is 12.7. The molecule has 0 bridgehead atoms. The van der Waals surface area contributed by atoms with E-state index >= 15 is 0 Å². The smallest absolute Gasteiger partial charge is 0.248 e. The second-order valence-electron chi connectivity index (χ2n) is 5.62. The highest BCUT2D eigenvalue weighted by Crippen LogP contribution is 2.32. The van der Waals surface area contributed by atoms with Crippen LogP contribution < -0.4 is 5.32 Å². The predicted octanol–water partition coefficient (Wildman–Crippen LogP) is 1.32. The number of nitrogens with one attached hydrogen (secondary N) is 1. The summed E-state index contributed by atoms with van der Waals surface area (Å²) in [5, 5.41) is 2.86. The summed E-state index contributed by atoms with van der Waals surface area (Å²) < 4.78 is 5.04. The van der Waals surface area contributed by atoms with Gasteiger partial charge in [0.25, 0.3) is 0 Å². The number of rotatable bonds is 6. The van der Waals surface area contributed by atoms with Crippen molar-refractivity contribution in [2.24, 2.45) is 0 Å². The molecule has 0 spiro atoms. The summed E-state index contributed by atoms with van der Waals surface area (Å²) in [4.78, 5) is 26.8. The Bertz CT molecular complexity index is 349. The van der Waals surface area contributed by atoms with E-state index < -0.39 is 11.1 Å². The first-order valence-corrected chi connectivity index (χ1v) is 6.99. The van der Waals surface area contributed by atoms with Crippen LogP contribution in [0.4, 0.5) is 0 Å². The monoisotopic (exact) mass is 270 g/mol. The summed E-state index contributed by atoms with van der Waals surface area (Å²) >= 11 is 0. The van der Waals surface area contributed by atoms with E-state index in [1.54, 1.807) is 25.9 Å². The van der Waals surface area contributed by atoms with E-state index in [9.17, 15) is 9.59 Å². The molecule has 1 N–H and O–H groups in total. The molecular weight excluding hydrogens is 244 g/mol. The molecule has 1 heterocycles. The number of hydrogen-bond acceptors (Lipinski definition) is 3. The van der Waals surface area contributed by atoms with Gasteiger partial charge in [0, 0.05) is 20.3 Å². The van der Waals surface area contributed by atoms with Gasteiger partial charge in [-0.1, -0.05) is 13.8 Å². The Morgan fingerprint density at radius 1 is 1.21 bits per heavy atom. The van der Waals surface area contributed by atoms with Gasteiger partial charge in [-0.2, -0.15) is 0 Å². The van der Waals surface area contributed by atoms with Crippen LogP contribution in [0.25, 0.3) is 0 Å². The molecule has 2 amide bonds. The fraction of sp³-hybridized carbons (Fsp3) is 0.857. The highest BCUT2D eigenvalue weighted by Gasteiger charge is 2.52. The van der Waals surface area contributed by atoms with Crippen LogP contribution in [0.15, 0.2) is 0 Å². The van der Waals surface area contributed by atoms with Crippen LogP contribution in [0.5, 0.6) is 0 Å². The van der Waals surface area contributed by atoms with Crippen molar-refractivity contribution in [2.45, 2.75) is 58.0 Å². The third-order valence-electron chi connectivity index (χ3n) is 4.05. The van der Waals surface area contributed by atoms with Crippen molar-refractivity contribution in [1.82, 2.24) is 10.2 Å². The van der Waals surface area contributed by atoms with Gasteiger partial charge in [-0.15, -0.1) is 0 Å². The predicted molar refractivity (Wildman–Crippen MR) is 73.7 cm³/mol. The molecule has 1 fully saturated rings. The molecule has 1 saturated heterocycles. The molecule has 0 aliphatic carbocycles. The Morgan fingerprint density at radius 2 is 1.79 bits per heavy atom. The van der Waals surface area contributed by atoms with Gasteiger partial charge in [-0.25, -0.2) is 0 Å². The maximum absolute atomic E-state index is 12.6. The molecule has 5 nitrogen and oxygen atoms in total. The van der Waals surface area contributed by atoms with Crippen molar-refractivity contribution >= 4 is 11.8 Å². The normalized spacial score (nSPS) is 21.4. The van der Waals surface area contributed by atoms with Crippen LogP contribution in [0.1, 0.15) is 47.0 Å². The number of ether oxygens (including phenoxy) is 1. The molecule has 1 aliphatic rings. The maximum Gasteiger partial charge on any atom is 0.248 e. The SMILES string of the molecule is CCC1(CC)C(=O)NC(C)(C)C(=O)N1CCCOC. The van der Waals surface area contributed by atoms with E-state index in [1.807, 2.05) is 13.8 Å². The minimum atomic E-state index is -0.821. The number of piperazine rings is 1. The molecule has 0 aromatic heterocycles. The standard InChI is InChI=1S/C14H26N2O3/c1-6-14(7-2)11(17)15-13(3,4)12(18)16(14)9-8-10-19-5/h6-10H2,1-5H3,(H,15,17). The Balaban J connectivity index is 3.05. The largest absolute Gasteiger partial charge is 0.385 e. The zero-order valence-corrected chi connectivity index (χ0v) is 12.7.